The highest BCUT2D eigenvalue weighted by molar-refractivity contribution is 8.00. The Morgan fingerprint density at radius 2 is 2.00 bits per heavy atom. The fraction of sp³-hybridized carbons (Fsp3) is 0.923. The standard InChI is InChI=1S/C13H25NO2S/c1-11(2)16-12(15)9-14-10-13(17-3)7-5-4-6-8-13/h11,14H,4-10H2,1-3H3. The van der Waals surface area contributed by atoms with E-state index in [2.05, 4.69) is 11.6 Å². The molecule has 4 heteroatoms. The summed E-state index contributed by atoms with van der Waals surface area (Å²) in [5.41, 5.74) is 0. The van der Waals surface area contributed by atoms with E-state index in [1.54, 1.807) is 0 Å². The van der Waals surface area contributed by atoms with Crippen LogP contribution in [-0.2, 0) is 9.53 Å². The number of hydrogen-bond acceptors (Lipinski definition) is 4. The van der Waals surface area contributed by atoms with Gasteiger partial charge in [0.05, 0.1) is 12.6 Å². The maximum Gasteiger partial charge on any atom is 0.320 e. The minimum Gasteiger partial charge on any atom is -0.462 e. The van der Waals surface area contributed by atoms with E-state index in [4.69, 9.17) is 4.74 Å². The summed E-state index contributed by atoms with van der Waals surface area (Å²) in [5, 5.41) is 3.26. The second-order valence-electron chi connectivity index (χ2n) is 5.09. The molecule has 1 saturated carbocycles. The molecule has 0 heterocycles. The second kappa shape index (κ2) is 7.27. The van der Waals surface area contributed by atoms with Gasteiger partial charge in [0.15, 0.2) is 0 Å². The molecule has 0 bridgehead atoms. The molecule has 0 radical (unpaired) electrons. The number of esters is 1. The van der Waals surface area contributed by atoms with Gasteiger partial charge in [0.1, 0.15) is 0 Å². The van der Waals surface area contributed by atoms with Crippen LogP contribution in [0, 0.1) is 0 Å². The molecule has 1 N–H and O–H groups in total. The molecule has 17 heavy (non-hydrogen) atoms. The maximum atomic E-state index is 11.4. The van der Waals surface area contributed by atoms with Crippen molar-refractivity contribution in [1.82, 2.24) is 5.32 Å². The van der Waals surface area contributed by atoms with Crippen molar-refractivity contribution >= 4 is 17.7 Å². The van der Waals surface area contributed by atoms with Crippen molar-refractivity contribution in [2.45, 2.75) is 56.8 Å². The van der Waals surface area contributed by atoms with E-state index in [-0.39, 0.29) is 12.1 Å². The Hall–Kier alpha value is -0.220. The lowest BCUT2D eigenvalue weighted by atomic mass is 9.88. The molecular formula is C13H25NO2S. The van der Waals surface area contributed by atoms with Gasteiger partial charge in [-0.2, -0.15) is 11.8 Å². The van der Waals surface area contributed by atoms with Gasteiger partial charge < -0.3 is 10.1 Å². The zero-order valence-corrected chi connectivity index (χ0v) is 12.1. The molecule has 0 spiro atoms. The molecule has 0 atom stereocenters. The van der Waals surface area contributed by atoms with Crippen LogP contribution < -0.4 is 5.32 Å². The fourth-order valence-corrected chi connectivity index (χ4v) is 3.29. The van der Waals surface area contributed by atoms with Crippen LogP contribution in [0.15, 0.2) is 0 Å². The van der Waals surface area contributed by atoms with Crippen molar-refractivity contribution in [3.8, 4) is 0 Å². The van der Waals surface area contributed by atoms with E-state index < -0.39 is 0 Å². The summed E-state index contributed by atoms with van der Waals surface area (Å²) in [6.07, 6.45) is 8.68. The maximum absolute atomic E-state index is 11.4. The highest BCUT2D eigenvalue weighted by Crippen LogP contribution is 2.37. The van der Waals surface area contributed by atoms with Crippen LogP contribution >= 0.6 is 11.8 Å². The predicted molar refractivity (Wildman–Crippen MR) is 73.4 cm³/mol. The molecule has 0 saturated heterocycles. The number of rotatable bonds is 6. The van der Waals surface area contributed by atoms with Gasteiger partial charge in [0.2, 0.25) is 0 Å². The van der Waals surface area contributed by atoms with Crippen molar-refractivity contribution in [3.05, 3.63) is 0 Å². The summed E-state index contributed by atoms with van der Waals surface area (Å²) in [7, 11) is 0. The lowest BCUT2D eigenvalue weighted by molar-refractivity contribution is -0.146. The van der Waals surface area contributed by atoms with E-state index in [1.807, 2.05) is 25.6 Å². The minimum atomic E-state index is -0.146. The van der Waals surface area contributed by atoms with E-state index >= 15 is 0 Å². The Morgan fingerprint density at radius 3 is 2.53 bits per heavy atom. The predicted octanol–water partition coefficient (Wildman–Crippen LogP) is 2.59. The monoisotopic (exact) mass is 259 g/mol. The van der Waals surface area contributed by atoms with Crippen LogP contribution in [0.2, 0.25) is 0 Å². The summed E-state index contributed by atoms with van der Waals surface area (Å²) in [5.74, 6) is -0.146. The van der Waals surface area contributed by atoms with Crippen molar-refractivity contribution in [3.63, 3.8) is 0 Å². The normalized spacial score (nSPS) is 19.3. The van der Waals surface area contributed by atoms with Gasteiger partial charge in [-0.15, -0.1) is 0 Å². The highest BCUT2D eigenvalue weighted by Gasteiger charge is 2.30. The average molecular weight is 259 g/mol. The number of nitrogens with one attached hydrogen (secondary N) is 1. The number of hydrogen-bond donors (Lipinski definition) is 1. The third-order valence-corrected chi connectivity index (χ3v) is 4.70. The SMILES string of the molecule is CSC1(CNCC(=O)OC(C)C)CCCCC1. The van der Waals surface area contributed by atoms with Gasteiger partial charge in [-0.1, -0.05) is 19.3 Å². The van der Waals surface area contributed by atoms with Gasteiger partial charge in [-0.3, -0.25) is 4.79 Å². The summed E-state index contributed by atoms with van der Waals surface area (Å²) in [6, 6.07) is 0. The Bertz CT molecular complexity index is 238. The van der Waals surface area contributed by atoms with Crippen molar-refractivity contribution in [1.29, 1.82) is 0 Å². The lowest BCUT2D eigenvalue weighted by Crippen LogP contribution is -2.41. The van der Waals surface area contributed by atoms with Crippen LogP contribution in [-0.4, -0.2) is 36.2 Å². The smallest absolute Gasteiger partial charge is 0.320 e. The first-order chi connectivity index (χ1) is 8.08. The summed E-state index contributed by atoms with van der Waals surface area (Å²) in [6.45, 7) is 5.01. The minimum absolute atomic E-state index is 0.0199. The first-order valence-corrected chi connectivity index (χ1v) is 7.76. The third-order valence-electron chi connectivity index (χ3n) is 3.28. The Labute approximate surface area is 109 Å². The number of ether oxygens (including phenoxy) is 1. The zero-order valence-electron chi connectivity index (χ0n) is 11.3. The van der Waals surface area contributed by atoms with Crippen molar-refractivity contribution < 1.29 is 9.53 Å². The first-order valence-electron chi connectivity index (χ1n) is 6.53. The van der Waals surface area contributed by atoms with Gasteiger partial charge in [0.25, 0.3) is 0 Å². The molecule has 1 aliphatic carbocycles. The molecule has 100 valence electrons. The van der Waals surface area contributed by atoms with Gasteiger partial charge in [0, 0.05) is 11.3 Å². The van der Waals surface area contributed by atoms with Crippen LogP contribution in [0.4, 0.5) is 0 Å². The molecule has 0 aliphatic heterocycles. The average Bonchev–Trinajstić information content (AvgIpc) is 2.29. The lowest BCUT2D eigenvalue weighted by Gasteiger charge is -2.35. The highest BCUT2D eigenvalue weighted by atomic mass is 32.2. The number of carbonyl (C=O) groups is 1. The molecule has 0 amide bonds. The molecular weight excluding hydrogens is 234 g/mol. The Balaban J connectivity index is 2.25. The molecule has 0 aromatic rings. The van der Waals surface area contributed by atoms with Gasteiger partial charge >= 0.3 is 5.97 Å². The van der Waals surface area contributed by atoms with E-state index in [0.717, 1.165) is 6.54 Å². The largest absolute Gasteiger partial charge is 0.462 e. The summed E-state index contributed by atoms with van der Waals surface area (Å²) in [4.78, 5) is 11.4. The van der Waals surface area contributed by atoms with Crippen LogP contribution in [0.25, 0.3) is 0 Å². The Kier molecular flexibility index (Phi) is 6.34. The van der Waals surface area contributed by atoms with Gasteiger partial charge in [-0.25, -0.2) is 0 Å². The van der Waals surface area contributed by atoms with E-state index in [1.165, 1.54) is 32.1 Å². The Morgan fingerprint density at radius 1 is 1.35 bits per heavy atom. The summed E-state index contributed by atoms with van der Waals surface area (Å²) < 4.78 is 5.44. The molecule has 0 aromatic heterocycles. The zero-order chi connectivity index (χ0) is 12.7. The number of thioether (sulfide) groups is 1. The molecule has 3 nitrogen and oxygen atoms in total. The van der Waals surface area contributed by atoms with Crippen LogP contribution in [0.5, 0.6) is 0 Å². The fourth-order valence-electron chi connectivity index (χ4n) is 2.35. The van der Waals surface area contributed by atoms with E-state index in [0.29, 0.717) is 11.3 Å². The first kappa shape index (κ1) is 14.8. The van der Waals surface area contributed by atoms with Crippen LogP contribution in [0.3, 0.4) is 0 Å². The molecule has 0 unspecified atom stereocenters. The molecule has 1 aliphatic rings. The molecule has 1 rings (SSSR count). The van der Waals surface area contributed by atoms with Gasteiger partial charge in [-0.05, 0) is 32.9 Å². The number of carbonyl (C=O) groups excluding carboxylic acids is 1. The second-order valence-corrected chi connectivity index (χ2v) is 6.36. The summed E-state index contributed by atoms with van der Waals surface area (Å²) >= 11 is 1.94. The molecule has 0 aromatic carbocycles. The quantitative estimate of drug-likeness (QED) is 0.744. The molecule has 1 fully saturated rings. The van der Waals surface area contributed by atoms with Crippen molar-refractivity contribution in [2.24, 2.45) is 0 Å². The van der Waals surface area contributed by atoms with Crippen LogP contribution in [0.1, 0.15) is 46.0 Å². The van der Waals surface area contributed by atoms with Crippen molar-refractivity contribution in [2.75, 3.05) is 19.3 Å². The van der Waals surface area contributed by atoms with E-state index in [9.17, 15) is 4.79 Å². The topological polar surface area (TPSA) is 38.3 Å². The third kappa shape index (κ3) is 5.30.